The van der Waals surface area contributed by atoms with Gasteiger partial charge in [-0.05, 0) is 31.5 Å². The molecule has 0 bridgehead atoms. The molecule has 2 heterocycles. The van der Waals surface area contributed by atoms with Crippen molar-refractivity contribution in [2.24, 2.45) is 0 Å². The molecule has 200 valence electrons. The Kier molecular flexibility index (Phi) is 9.49. The third kappa shape index (κ3) is 7.40. The molecule has 4 rings (SSSR count). The normalized spacial score (nSPS) is 13.9. The zero-order valence-electron chi connectivity index (χ0n) is 21.6. The predicted octanol–water partition coefficient (Wildman–Crippen LogP) is 4.17. The van der Waals surface area contributed by atoms with Gasteiger partial charge in [-0.3, -0.25) is 19.3 Å². The summed E-state index contributed by atoms with van der Waals surface area (Å²) in [7, 11) is 0. The number of aromatic nitrogens is 1. The molecular weight excluding hydrogens is 522 g/mol. The lowest BCUT2D eigenvalue weighted by Gasteiger charge is -2.34. The molecule has 38 heavy (non-hydrogen) atoms. The van der Waals surface area contributed by atoms with Gasteiger partial charge in [-0.1, -0.05) is 54.1 Å². The van der Waals surface area contributed by atoms with E-state index >= 15 is 0 Å². The van der Waals surface area contributed by atoms with Gasteiger partial charge in [0.25, 0.3) is 5.91 Å². The van der Waals surface area contributed by atoms with Crippen LogP contribution in [0.5, 0.6) is 0 Å². The van der Waals surface area contributed by atoms with Crippen LogP contribution in [-0.4, -0.2) is 76.2 Å². The van der Waals surface area contributed by atoms with Gasteiger partial charge in [-0.2, -0.15) is 0 Å². The number of carbonyl (C=O) groups is 3. The van der Waals surface area contributed by atoms with Crippen molar-refractivity contribution in [3.8, 4) is 0 Å². The molecule has 0 unspecified atom stereocenters. The van der Waals surface area contributed by atoms with Gasteiger partial charge in [-0.25, -0.2) is 4.98 Å². The first kappa shape index (κ1) is 27.8. The van der Waals surface area contributed by atoms with E-state index in [1.165, 1.54) is 21.8 Å². The van der Waals surface area contributed by atoms with E-state index in [-0.39, 0.29) is 36.7 Å². The number of nitrogens with one attached hydrogen (secondary N) is 1. The first-order valence-corrected chi connectivity index (χ1v) is 13.9. The van der Waals surface area contributed by atoms with Gasteiger partial charge < -0.3 is 15.1 Å². The maximum absolute atomic E-state index is 13.0. The number of halogens is 1. The third-order valence-corrected chi connectivity index (χ3v) is 7.54. The van der Waals surface area contributed by atoms with Crippen molar-refractivity contribution in [2.45, 2.75) is 32.9 Å². The summed E-state index contributed by atoms with van der Waals surface area (Å²) in [5, 5.41) is 5.29. The highest BCUT2D eigenvalue weighted by atomic mass is 35.5. The Morgan fingerprint density at radius 2 is 1.71 bits per heavy atom. The van der Waals surface area contributed by atoms with Crippen LogP contribution in [0, 0.1) is 0 Å². The molecule has 1 aliphatic heterocycles. The number of thiazole rings is 1. The minimum absolute atomic E-state index is 0.0313. The molecule has 0 spiro atoms. The second kappa shape index (κ2) is 13.0. The van der Waals surface area contributed by atoms with E-state index in [0.29, 0.717) is 34.5 Å². The fourth-order valence-corrected chi connectivity index (χ4v) is 5.24. The second-order valence-corrected chi connectivity index (χ2v) is 10.8. The fourth-order valence-electron chi connectivity index (χ4n) is 4.30. The Hall–Kier alpha value is -3.27. The Bertz CT molecular complexity index is 1260. The number of piperazine rings is 1. The summed E-state index contributed by atoms with van der Waals surface area (Å²) in [5.74, 6) is -0.639. The SMILES string of the molecule is CC(C)N(CC(=O)Nc1nc(CC(=O)N2CCN(Cc3ccccc3)CC2)cs1)C(=O)c1ccccc1Cl. The zero-order valence-corrected chi connectivity index (χ0v) is 23.2. The molecule has 10 heteroatoms. The molecule has 3 amide bonds. The number of nitrogens with zero attached hydrogens (tertiary/aromatic N) is 4. The van der Waals surface area contributed by atoms with Crippen molar-refractivity contribution >= 4 is 45.8 Å². The summed E-state index contributed by atoms with van der Waals surface area (Å²) in [4.78, 5) is 48.7. The van der Waals surface area contributed by atoms with Crippen molar-refractivity contribution < 1.29 is 14.4 Å². The maximum Gasteiger partial charge on any atom is 0.256 e. The number of amides is 3. The van der Waals surface area contributed by atoms with E-state index in [1.807, 2.05) is 36.9 Å². The van der Waals surface area contributed by atoms with Crippen LogP contribution in [0.25, 0.3) is 0 Å². The largest absolute Gasteiger partial charge is 0.340 e. The molecule has 2 aromatic carbocycles. The van der Waals surface area contributed by atoms with Crippen molar-refractivity contribution in [3.63, 3.8) is 0 Å². The quantitative estimate of drug-likeness (QED) is 0.430. The van der Waals surface area contributed by atoms with E-state index in [2.05, 4.69) is 27.3 Å². The first-order chi connectivity index (χ1) is 18.3. The fraction of sp³-hybridized carbons (Fsp3) is 0.357. The van der Waals surface area contributed by atoms with Gasteiger partial charge in [0.05, 0.1) is 22.7 Å². The number of anilines is 1. The van der Waals surface area contributed by atoms with Crippen LogP contribution >= 0.6 is 22.9 Å². The van der Waals surface area contributed by atoms with Gasteiger partial charge in [0.15, 0.2) is 5.13 Å². The van der Waals surface area contributed by atoms with E-state index < -0.39 is 0 Å². The second-order valence-electron chi connectivity index (χ2n) is 9.52. The van der Waals surface area contributed by atoms with E-state index in [4.69, 9.17) is 11.6 Å². The number of benzene rings is 2. The Labute approximate surface area is 232 Å². The monoisotopic (exact) mass is 553 g/mol. The number of hydrogen-bond acceptors (Lipinski definition) is 6. The lowest BCUT2D eigenvalue weighted by molar-refractivity contribution is -0.132. The molecule has 8 nitrogen and oxygen atoms in total. The summed E-state index contributed by atoms with van der Waals surface area (Å²) in [6, 6.07) is 16.9. The standard InChI is InChI=1S/C28H32ClN5O3S/c1-20(2)34(27(37)23-10-6-7-11-24(23)29)18-25(35)31-28-30-22(19-38-28)16-26(36)33-14-12-32(13-15-33)17-21-8-4-3-5-9-21/h3-11,19-20H,12-18H2,1-2H3,(H,30,31,35). The molecule has 1 N–H and O–H groups in total. The summed E-state index contributed by atoms with van der Waals surface area (Å²) >= 11 is 7.45. The minimum Gasteiger partial charge on any atom is -0.340 e. The highest BCUT2D eigenvalue weighted by Crippen LogP contribution is 2.20. The van der Waals surface area contributed by atoms with Crippen LogP contribution in [-0.2, 0) is 22.6 Å². The van der Waals surface area contributed by atoms with E-state index in [9.17, 15) is 14.4 Å². The Balaban J connectivity index is 1.26. The lowest BCUT2D eigenvalue weighted by atomic mass is 10.1. The highest BCUT2D eigenvalue weighted by molar-refractivity contribution is 7.13. The van der Waals surface area contributed by atoms with Crippen molar-refractivity contribution in [1.29, 1.82) is 0 Å². The average Bonchev–Trinajstić information content (AvgIpc) is 3.34. The van der Waals surface area contributed by atoms with Gasteiger partial charge >= 0.3 is 0 Å². The number of carbonyl (C=O) groups excluding carboxylic acids is 3. The van der Waals surface area contributed by atoms with Gasteiger partial charge in [0.2, 0.25) is 11.8 Å². The van der Waals surface area contributed by atoms with Gasteiger partial charge in [0.1, 0.15) is 6.54 Å². The van der Waals surface area contributed by atoms with E-state index in [1.54, 1.807) is 29.6 Å². The summed E-state index contributed by atoms with van der Waals surface area (Å²) in [6.45, 7) is 7.47. The minimum atomic E-state index is -0.360. The average molecular weight is 554 g/mol. The van der Waals surface area contributed by atoms with Crippen molar-refractivity contribution in [2.75, 3.05) is 38.0 Å². The zero-order chi connectivity index (χ0) is 27.1. The molecular formula is C28H32ClN5O3S. The maximum atomic E-state index is 13.0. The lowest BCUT2D eigenvalue weighted by Crippen LogP contribution is -2.48. The van der Waals surface area contributed by atoms with Gasteiger partial charge in [0, 0.05) is 44.1 Å². The summed E-state index contributed by atoms with van der Waals surface area (Å²) in [5.41, 5.74) is 2.25. The van der Waals surface area contributed by atoms with Crippen LogP contribution in [0.1, 0.15) is 35.5 Å². The van der Waals surface area contributed by atoms with Crippen molar-refractivity contribution in [3.05, 3.63) is 81.8 Å². The predicted molar refractivity (Wildman–Crippen MR) is 150 cm³/mol. The molecule has 1 fully saturated rings. The molecule has 0 aliphatic carbocycles. The Morgan fingerprint density at radius 1 is 1.03 bits per heavy atom. The van der Waals surface area contributed by atoms with Crippen LogP contribution < -0.4 is 5.32 Å². The molecule has 0 atom stereocenters. The third-order valence-electron chi connectivity index (χ3n) is 6.41. The molecule has 1 saturated heterocycles. The van der Waals surface area contributed by atoms with Crippen LogP contribution in [0.3, 0.4) is 0 Å². The molecule has 0 radical (unpaired) electrons. The molecule has 1 aliphatic rings. The highest BCUT2D eigenvalue weighted by Gasteiger charge is 2.25. The number of rotatable bonds is 9. The molecule has 1 aromatic heterocycles. The van der Waals surface area contributed by atoms with Crippen LogP contribution in [0.2, 0.25) is 5.02 Å². The summed E-state index contributed by atoms with van der Waals surface area (Å²) in [6.07, 6.45) is 0.189. The topological polar surface area (TPSA) is 85.8 Å². The van der Waals surface area contributed by atoms with E-state index in [0.717, 1.165) is 19.6 Å². The first-order valence-electron chi connectivity index (χ1n) is 12.6. The van der Waals surface area contributed by atoms with Crippen molar-refractivity contribution in [1.82, 2.24) is 19.7 Å². The van der Waals surface area contributed by atoms with Gasteiger partial charge in [-0.15, -0.1) is 11.3 Å². The Morgan fingerprint density at radius 3 is 2.39 bits per heavy atom. The smallest absolute Gasteiger partial charge is 0.256 e. The summed E-state index contributed by atoms with van der Waals surface area (Å²) < 4.78 is 0. The molecule has 3 aromatic rings. The van der Waals surface area contributed by atoms with Crippen LogP contribution in [0.15, 0.2) is 60.0 Å². The number of hydrogen-bond donors (Lipinski definition) is 1. The molecule has 0 saturated carbocycles. The van der Waals surface area contributed by atoms with Crippen LogP contribution in [0.4, 0.5) is 5.13 Å².